The predicted octanol–water partition coefficient (Wildman–Crippen LogP) is 5.98. The lowest BCUT2D eigenvalue weighted by Crippen LogP contribution is -2.61. The van der Waals surface area contributed by atoms with Gasteiger partial charge in [0.15, 0.2) is 23.8 Å². The molecule has 0 aromatic heterocycles. The molecule has 20 heteroatoms. The van der Waals surface area contributed by atoms with Gasteiger partial charge in [0.25, 0.3) is 11.8 Å². The van der Waals surface area contributed by atoms with Crippen molar-refractivity contribution < 1.29 is 54.3 Å². The van der Waals surface area contributed by atoms with Gasteiger partial charge < -0.3 is 24.7 Å². The van der Waals surface area contributed by atoms with E-state index in [1.165, 1.54) is 24.3 Å². The number of alkyl halides is 3. The number of fused-ring (bicyclic) bond motifs is 1. The van der Waals surface area contributed by atoms with Crippen molar-refractivity contribution in [2.45, 2.75) is 101 Å². The fourth-order valence-electron chi connectivity index (χ4n) is 4.74. The predicted molar refractivity (Wildman–Crippen MR) is 191 cm³/mol. The number of nitrogens with zero attached hydrogens (tertiary/aromatic N) is 1. The number of urea groups is 1. The smallest absolute Gasteiger partial charge is 0.417 e. The van der Waals surface area contributed by atoms with Gasteiger partial charge in [-0.25, -0.2) is 27.8 Å². The van der Waals surface area contributed by atoms with Gasteiger partial charge in [0, 0.05) is 5.02 Å². The highest BCUT2D eigenvalue weighted by Gasteiger charge is 2.56. The second-order valence-corrected chi connectivity index (χ2v) is 22.3. The monoisotopic (exact) mass is 809 g/mol. The summed E-state index contributed by atoms with van der Waals surface area (Å²) in [5.74, 6) is -4.66. The van der Waals surface area contributed by atoms with Crippen molar-refractivity contribution in [3.05, 3.63) is 58.4 Å². The fourth-order valence-corrected chi connectivity index (χ4v) is 8.10. The van der Waals surface area contributed by atoms with Gasteiger partial charge in [-0.15, -0.1) is 0 Å². The normalized spacial score (nSPS) is 17.5. The van der Waals surface area contributed by atoms with Crippen LogP contribution < -0.4 is 26.4 Å². The summed E-state index contributed by atoms with van der Waals surface area (Å²) in [5, 5.41) is 4.02. The number of hydrogen-bond acceptors (Lipinski definition) is 8. The van der Waals surface area contributed by atoms with Crippen molar-refractivity contribution in [1.29, 1.82) is 0 Å². The summed E-state index contributed by atoms with van der Waals surface area (Å²) in [6, 6.07) is 4.36. The summed E-state index contributed by atoms with van der Waals surface area (Å²) in [6.07, 6.45) is -6.00. The number of ether oxygens (including phenoxy) is 1. The third-order valence-corrected chi connectivity index (χ3v) is 15.2. The molecule has 2 aromatic rings. The fraction of sp³-hybridized carbons (Fsp3) is 0.515. The highest BCUT2D eigenvalue weighted by atomic mass is 35.5. The summed E-state index contributed by atoms with van der Waals surface area (Å²) in [5.41, 5.74) is -0.929. The minimum Gasteiger partial charge on any atom is -0.444 e. The average molecular weight is 810 g/mol. The molecule has 53 heavy (non-hydrogen) atoms. The minimum absolute atomic E-state index is 0.326. The third kappa shape index (κ3) is 10.8. The third-order valence-electron chi connectivity index (χ3n) is 8.58. The van der Waals surface area contributed by atoms with E-state index >= 15 is 4.39 Å². The Kier molecular flexibility index (Phi) is 12.6. The molecule has 1 unspecified atom stereocenters. The van der Waals surface area contributed by atoms with E-state index in [0.717, 1.165) is 17.9 Å². The Bertz CT molecular complexity index is 1850. The van der Waals surface area contributed by atoms with Crippen molar-refractivity contribution >= 4 is 59.4 Å². The van der Waals surface area contributed by atoms with Crippen LogP contribution in [-0.2, 0) is 30.3 Å². The van der Waals surface area contributed by atoms with E-state index in [0.29, 0.717) is 16.7 Å². The zero-order valence-corrected chi connectivity index (χ0v) is 33.2. The van der Waals surface area contributed by atoms with Crippen molar-refractivity contribution in [3.8, 4) is 0 Å². The Hall–Kier alpha value is -3.94. The number of sulfone groups is 1. The summed E-state index contributed by atoms with van der Waals surface area (Å²) in [7, 11) is -7.54. The summed E-state index contributed by atoms with van der Waals surface area (Å²) < 4.78 is 95.9. The van der Waals surface area contributed by atoms with Crippen LogP contribution in [0.2, 0.25) is 23.2 Å². The number of amides is 5. The molecular weight excluding hydrogens is 766 g/mol. The van der Waals surface area contributed by atoms with Crippen LogP contribution in [0, 0.1) is 5.82 Å². The molecule has 0 radical (unpaired) electrons. The molecule has 3 rings (SSSR count). The standard InChI is InChI=1S/C33H44ClF4N5O8SSi/c1-30(2,3)50-29(47)40-23-17-52(48,49)25-15-22(35)21(14-24(25)43(27(23)45)16-19-10-12-20(34)13-11-19)26(44)41-42-28(46)39-18-32(7,33(36,37)38)51-53(8,9)31(4,5)6/h10-15,23H,16-18H2,1-9H3,(H,40,47)(H,41,44)(H2,39,42,46)/t23-,32?/m0/s1. The number of alkyl carbamates (subject to hydrolysis) is 1. The molecule has 2 aromatic carbocycles. The van der Waals surface area contributed by atoms with Crippen LogP contribution in [0.15, 0.2) is 41.3 Å². The molecule has 2 atom stereocenters. The van der Waals surface area contributed by atoms with E-state index in [1.807, 2.05) is 16.2 Å². The molecule has 13 nitrogen and oxygen atoms in total. The Morgan fingerprint density at radius 3 is 2.09 bits per heavy atom. The van der Waals surface area contributed by atoms with Gasteiger partial charge in [-0.2, -0.15) is 13.2 Å². The van der Waals surface area contributed by atoms with Crippen molar-refractivity contribution in [1.82, 2.24) is 21.5 Å². The zero-order valence-electron chi connectivity index (χ0n) is 30.7. The first-order chi connectivity index (χ1) is 24.0. The SMILES string of the molecule is CC(C)(C)OC(=O)N[C@H]1CS(=O)(=O)c2cc(F)c(C(=O)NNC(=O)NCC(C)(O[Si](C)(C)C(C)(C)C)C(F)(F)F)cc2N(Cc2ccc(Cl)cc2)C1=O. The van der Waals surface area contributed by atoms with Gasteiger partial charge in [0.1, 0.15) is 17.5 Å². The maximum absolute atomic E-state index is 15.5. The van der Waals surface area contributed by atoms with Gasteiger partial charge in [-0.1, -0.05) is 44.5 Å². The average Bonchev–Trinajstić information content (AvgIpc) is 3.05. The molecule has 0 aliphatic carbocycles. The van der Waals surface area contributed by atoms with Crippen LogP contribution in [0.1, 0.15) is 64.4 Å². The van der Waals surface area contributed by atoms with Crippen molar-refractivity contribution in [3.63, 3.8) is 0 Å². The molecule has 0 bridgehead atoms. The molecule has 0 saturated carbocycles. The van der Waals surface area contributed by atoms with Crippen LogP contribution >= 0.6 is 11.6 Å². The first-order valence-electron chi connectivity index (χ1n) is 16.2. The molecule has 5 amide bonds. The van der Waals surface area contributed by atoms with Crippen LogP contribution in [0.3, 0.4) is 0 Å². The zero-order chi connectivity index (χ0) is 40.5. The van der Waals surface area contributed by atoms with E-state index < -0.39 is 105 Å². The van der Waals surface area contributed by atoms with Gasteiger partial charge in [0.2, 0.25) is 0 Å². The molecule has 1 heterocycles. The van der Waals surface area contributed by atoms with Crippen LogP contribution in [0.25, 0.3) is 0 Å². The number of halogens is 5. The van der Waals surface area contributed by atoms with Crippen LogP contribution in [-0.4, -0.2) is 76.4 Å². The van der Waals surface area contributed by atoms with E-state index in [1.54, 1.807) is 54.6 Å². The highest BCUT2D eigenvalue weighted by molar-refractivity contribution is 7.91. The Morgan fingerprint density at radius 2 is 1.57 bits per heavy atom. The van der Waals surface area contributed by atoms with Gasteiger partial charge >= 0.3 is 18.3 Å². The lowest BCUT2D eigenvalue weighted by atomic mass is 10.1. The molecule has 4 N–H and O–H groups in total. The lowest BCUT2D eigenvalue weighted by Gasteiger charge is -2.44. The number of hydrazine groups is 1. The highest BCUT2D eigenvalue weighted by Crippen LogP contribution is 2.43. The maximum Gasteiger partial charge on any atom is 0.417 e. The quantitative estimate of drug-likeness (QED) is 0.143. The van der Waals surface area contributed by atoms with Crippen molar-refractivity contribution in [2.75, 3.05) is 17.2 Å². The maximum atomic E-state index is 15.5. The minimum atomic E-state index is -4.90. The second-order valence-electron chi connectivity index (χ2n) is 15.2. The number of hydrogen-bond donors (Lipinski definition) is 4. The van der Waals surface area contributed by atoms with E-state index in [2.05, 4.69) is 5.32 Å². The first kappa shape index (κ1) is 43.5. The number of rotatable bonds is 8. The number of anilines is 1. The topological polar surface area (TPSA) is 172 Å². The molecule has 0 fully saturated rings. The Morgan fingerprint density at radius 1 is 0.981 bits per heavy atom. The van der Waals surface area contributed by atoms with Crippen LogP contribution in [0.4, 0.5) is 32.8 Å². The number of carbonyl (C=O) groups is 4. The van der Waals surface area contributed by atoms with E-state index in [4.69, 9.17) is 20.8 Å². The number of nitrogens with one attached hydrogen (secondary N) is 4. The van der Waals surface area contributed by atoms with Gasteiger partial charge in [-0.05, 0) is 75.7 Å². The summed E-state index contributed by atoms with van der Waals surface area (Å²) in [6.45, 7) is 12.5. The summed E-state index contributed by atoms with van der Waals surface area (Å²) in [4.78, 5) is 52.5. The van der Waals surface area contributed by atoms with Crippen LogP contribution in [0.5, 0.6) is 0 Å². The molecule has 0 saturated heterocycles. The number of carbonyl (C=O) groups excluding carboxylic acids is 4. The Balaban J connectivity index is 1.93. The van der Waals surface area contributed by atoms with Gasteiger partial charge in [0.05, 0.1) is 35.0 Å². The number of benzene rings is 2. The first-order valence-corrected chi connectivity index (χ1v) is 21.1. The van der Waals surface area contributed by atoms with E-state index in [-0.39, 0.29) is 6.54 Å². The molecule has 294 valence electrons. The Labute approximate surface area is 311 Å². The molecular formula is C33H44ClF4N5O8SSi. The largest absolute Gasteiger partial charge is 0.444 e. The molecule has 0 spiro atoms. The lowest BCUT2D eigenvalue weighted by molar-refractivity contribution is -0.243. The van der Waals surface area contributed by atoms with Crippen molar-refractivity contribution in [2.24, 2.45) is 0 Å². The van der Waals surface area contributed by atoms with E-state index in [9.17, 15) is 40.8 Å². The molecule has 1 aliphatic rings. The summed E-state index contributed by atoms with van der Waals surface area (Å²) >= 11 is 5.99. The molecule has 1 aliphatic heterocycles. The van der Waals surface area contributed by atoms with Gasteiger partial charge in [-0.3, -0.25) is 15.0 Å². The second kappa shape index (κ2) is 15.4.